The molecule has 1 N–H and O–H groups in total. The lowest BCUT2D eigenvalue weighted by molar-refractivity contribution is -0.140. The number of hydrogen-bond acceptors (Lipinski definition) is 4. The number of anilines is 1. The summed E-state index contributed by atoms with van der Waals surface area (Å²) in [7, 11) is -4.19. The molecule has 1 aliphatic rings. The smallest absolute Gasteiger partial charge is 0.264 e. The lowest BCUT2D eigenvalue weighted by Gasteiger charge is -2.35. The summed E-state index contributed by atoms with van der Waals surface area (Å²) in [6.07, 6.45) is 5.31. The second-order valence-corrected chi connectivity index (χ2v) is 14.1. The van der Waals surface area contributed by atoms with Gasteiger partial charge in [0.2, 0.25) is 11.8 Å². The lowest BCUT2D eigenvalue weighted by Crippen LogP contribution is -2.55. The summed E-state index contributed by atoms with van der Waals surface area (Å²) < 4.78 is 29.4. The highest BCUT2D eigenvalue weighted by Crippen LogP contribution is 2.29. The fourth-order valence-electron chi connectivity index (χ4n) is 5.86. The van der Waals surface area contributed by atoms with E-state index in [0.717, 1.165) is 53.1 Å². The first kappa shape index (κ1) is 33.2. The number of benzene rings is 4. The average molecular weight is 658 g/mol. The van der Waals surface area contributed by atoms with E-state index in [2.05, 4.69) is 5.32 Å². The summed E-state index contributed by atoms with van der Waals surface area (Å²) in [5.74, 6) is -0.740. The summed E-state index contributed by atoms with van der Waals surface area (Å²) in [5, 5.41) is 3.62. The van der Waals surface area contributed by atoms with Crippen molar-refractivity contribution in [3.8, 4) is 0 Å². The average Bonchev–Trinajstić information content (AvgIpc) is 3.08. The molecule has 0 spiro atoms. The lowest BCUT2D eigenvalue weighted by atomic mass is 9.94. The van der Waals surface area contributed by atoms with Crippen molar-refractivity contribution in [2.45, 2.75) is 69.0 Å². The van der Waals surface area contributed by atoms with E-state index < -0.39 is 28.5 Å². The monoisotopic (exact) mass is 657 g/mol. The first-order valence-electron chi connectivity index (χ1n) is 15.7. The SMILES string of the molecule is Cc1ccc(N(CC(=O)N(Cc2ccccc2)C(Cc2ccccc2)C(=O)NC2CCCCC2)S(=O)(=O)c2ccccc2)cc1Cl. The second-order valence-electron chi connectivity index (χ2n) is 11.8. The van der Waals surface area contributed by atoms with Crippen molar-refractivity contribution in [3.63, 3.8) is 0 Å². The maximum absolute atomic E-state index is 14.6. The molecule has 240 valence electrons. The molecule has 46 heavy (non-hydrogen) atoms. The van der Waals surface area contributed by atoms with E-state index in [9.17, 15) is 18.0 Å². The zero-order valence-corrected chi connectivity index (χ0v) is 27.6. The fraction of sp³-hybridized carbons (Fsp3) is 0.297. The van der Waals surface area contributed by atoms with Crippen LogP contribution in [0.5, 0.6) is 0 Å². The number of hydrogen-bond donors (Lipinski definition) is 1. The van der Waals surface area contributed by atoms with E-state index in [-0.39, 0.29) is 35.5 Å². The van der Waals surface area contributed by atoms with E-state index in [0.29, 0.717) is 5.02 Å². The Labute approximate surface area is 277 Å². The Morgan fingerprint density at radius 1 is 0.826 bits per heavy atom. The Morgan fingerprint density at radius 2 is 1.41 bits per heavy atom. The second kappa shape index (κ2) is 15.4. The number of halogens is 1. The standard InChI is InChI=1S/C37H40ClN3O4S/c1-28-22-23-32(25-34(28)38)41(46(44,45)33-20-12-5-13-21-33)27-36(42)40(26-30-16-8-3-9-17-30)35(24-29-14-6-2-7-15-29)37(43)39-31-18-10-4-11-19-31/h2-3,5-9,12-17,20-23,25,31,35H,4,10-11,18-19,24,26-27H2,1H3,(H,39,43). The van der Waals surface area contributed by atoms with Gasteiger partial charge < -0.3 is 10.2 Å². The largest absolute Gasteiger partial charge is 0.352 e. The van der Waals surface area contributed by atoms with Gasteiger partial charge in [-0.25, -0.2) is 8.42 Å². The molecule has 7 nitrogen and oxygen atoms in total. The minimum atomic E-state index is -4.19. The summed E-state index contributed by atoms with van der Waals surface area (Å²) in [5.41, 5.74) is 2.77. The van der Waals surface area contributed by atoms with Gasteiger partial charge in [-0.05, 0) is 60.7 Å². The van der Waals surface area contributed by atoms with Gasteiger partial charge in [0.15, 0.2) is 0 Å². The third kappa shape index (κ3) is 8.36. The van der Waals surface area contributed by atoms with E-state index in [1.165, 1.54) is 17.0 Å². The first-order chi connectivity index (χ1) is 22.2. The van der Waals surface area contributed by atoms with Gasteiger partial charge in [-0.3, -0.25) is 13.9 Å². The van der Waals surface area contributed by atoms with E-state index in [4.69, 9.17) is 11.6 Å². The Balaban J connectivity index is 1.56. The Bertz CT molecular complexity index is 1710. The van der Waals surface area contributed by atoms with Crippen LogP contribution in [0.4, 0.5) is 5.69 Å². The summed E-state index contributed by atoms with van der Waals surface area (Å²) in [6, 6.07) is 31.2. The third-order valence-corrected chi connectivity index (χ3v) is 10.7. The summed E-state index contributed by atoms with van der Waals surface area (Å²) >= 11 is 6.47. The number of nitrogens with one attached hydrogen (secondary N) is 1. The molecule has 1 aliphatic carbocycles. The third-order valence-electron chi connectivity index (χ3n) is 8.47. The molecule has 0 radical (unpaired) electrons. The molecule has 4 aromatic carbocycles. The zero-order valence-electron chi connectivity index (χ0n) is 26.0. The molecule has 1 unspecified atom stereocenters. The maximum atomic E-state index is 14.6. The van der Waals surface area contributed by atoms with E-state index in [1.54, 1.807) is 36.4 Å². The number of rotatable bonds is 12. The van der Waals surface area contributed by atoms with Crippen LogP contribution in [-0.4, -0.2) is 43.8 Å². The number of carbonyl (C=O) groups excluding carboxylic acids is 2. The highest BCUT2D eigenvalue weighted by atomic mass is 35.5. The number of aryl methyl sites for hydroxylation is 1. The van der Waals surface area contributed by atoms with Crippen LogP contribution in [0.25, 0.3) is 0 Å². The topological polar surface area (TPSA) is 86.8 Å². The molecule has 0 bridgehead atoms. The highest BCUT2D eigenvalue weighted by Gasteiger charge is 2.35. The van der Waals surface area contributed by atoms with Crippen molar-refractivity contribution < 1.29 is 18.0 Å². The van der Waals surface area contributed by atoms with Gasteiger partial charge >= 0.3 is 0 Å². The van der Waals surface area contributed by atoms with Crippen LogP contribution in [0, 0.1) is 6.92 Å². The minimum Gasteiger partial charge on any atom is -0.352 e. The van der Waals surface area contributed by atoms with Crippen LogP contribution in [0.1, 0.15) is 48.8 Å². The van der Waals surface area contributed by atoms with Crippen molar-refractivity contribution in [3.05, 3.63) is 131 Å². The van der Waals surface area contributed by atoms with E-state index >= 15 is 0 Å². The normalized spacial score (nSPS) is 14.3. The van der Waals surface area contributed by atoms with Gasteiger partial charge in [0, 0.05) is 24.0 Å². The molecule has 2 amide bonds. The quantitative estimate of drug-likeness (QED) is 0.179. The molecular weight excluding hydrogens is 618 g/mol. The van der Waals surface area contributed by atoms with Gasteiger partial charge in [0.1, 0.15) is 12.6 Å². The Hall–Kier alpha value is -4.14. The fourth-order valence-corrected chi connectivity index (χ4v) is 7.47. The van der Waals surface area contributed by atoms with Crippen molar-refractivity contribution >= 4 is 39.1 Å². The predicted octanol–water partition coefficient (Wildman–Crippen LogP) is 6.93. The summed E-state index contributed by atoms with van der Waals surface area (Å²) in [6.45, 7) is 1.43. The van der Waals surface area contributed by atoms with Gasteiger partial charge in [0.25, 0.3) is 10.0 Å². The predicted molar refractivity (Wildman–Crippen MR) is 183 cm³/mol. The van der Waals surface area contributed by atoms with E-state index in [1.807, 2.05) is 67.6 Å². The molecule has 9 heteroatoms. The molecule has 1 atom stereocenters. The number of sulfonamides is 1. The van der Waals surface area contributed by atoms with Gasteiger partial charge in [-0.2, -0.15) is 0 Å². The van der Waals surface area contributed by atoms with Crippen LogP contribution >= 0.6 is 11.6 Å². The Kier molecular flexibility index (Phi) is 11.1. The number of amides is 2. The van der Waals surface area contributed by atoms with Gasteiger partial charge in [0.05, 0.1) is 10.6 Å². The molecule has 0 saturated heterocycles. The van der Waals surface area contributed by atoms with Crippen LogP contribution in [0.2, 0.25) is 5.02 Å². The van der Waals surface area contributed by atoms with Crippen LogP contribution in [-0.2, 0) is 32.6 Å². The highest BCUT2D eigenvalue weighted by molar-refractivity contribution is 7.92. The molecule has 0 heterocycles. The van der Waals surface area contributed by atoms with Crippen molar-refractivity contribution in [1.29, 1.82) is 0 Å². The minimum absolute atomic E-state index is 0.0397. The summed E-state index contributed by atoms with van der Waals surface area (Å²) in [4.78, 5) is 30.3. The van der Waals surface area contributed by atoms with Crippen LogP contribution in [0.3, 0.4) is 0 Å². The number of nitrogens with zero attached hydrogens (tertiary/aromatic N) is 2. The van der Waals surface area contributed by atoms with Crippen molar-refractivity contribution in [2.24, 2.45) is 0 Å². The molecule has 1 saturated carbocycles. The van der Waals surface area contributed by atoms with Crippen molar-refractivity contribution in [2.75, 3.05) is 10.8 Å². The maximum Gasteiger partial charge on any atom is 0.264 e. The van der Waals surface area contributed by atoms with Crippen LogP contribution < -0.4 is 9.62 Å². The van der Waals surface area contributed by atoms with Gasteiger partial charge in [-0.15, -0.1) is 0 Å². The van der Waals surface area contributed by atoms with Crippen molar-refractivity contribution in [1.82, 2.24) is 10.2 Å². The molecular formula is C37H40ClN3O4S. The number of carbonyl (C=O) groups is 2. The Morgan fingerprint density at radius 3 is 2.02 bits per heavy atom. The molecule has 4 aromatic rings. The first-order valence-corrected chi connectivity index (χ1v) is 17.6. The molecule has 5 rings (SSSR count). The van der Waals surface area contributed by atoms with Crippen LogP contribution in [0.15, 0.2) is 114 Å². The van der Waals surface area contributed by atoms with Gasteiger partial charge in [-0.1, -0.05) is 116 Å². The molecule has 1 fully saturated rings. The molecule has 0 aromatic heterocycles. The zero-order chi connectivity index (χ0) is 32.5. The molecule has 0 aliphatic heterocycles.